The number of primary amides is 1. The van der Waals surface area contributed by atoms with Gasteiger partial charge in [0.2, 0.25) is 11.8 Å². The minimum absolute atomic E-state index is 0.0167. The number of amides is 4. The molecule has 0 heterocycles. The van der Waals surface area contributed by atoms with Crippen LogP contribution in [0.3, 0.4) is 0 Å². The molecule has 4 amide bonds. The lowest BCUT2D eigenvalue weighted by atomic mass is 10.0. The number of nitrogens with two attached hydrogens (primary N) is 5. The molecular formula is C29H42N8O5. The predicted octanol–water partition coefficient (Wildman–Crippen LogP) is 0.243. The second-order valence-electron chi connectivity index (χ2n) is 9.76. The number of hydrogen-bond donors (Lipinski definition) is 6. The van der Waals surface area contributed by atoms with Gasteiger partial charge < -0.3 is 38.7 Å². The maximum Gasteiger partial charge on any atom is 0.417 e. The molecular weight excluding hydrogens is 540 g/mol. The Kier molecular flexibility index (Phi) is 14.5. The van der Waals surface area contributed by atoms with E-state index in [0.717, 1.165) is 0 Å². The molecule has 0 aliphatic carbocycles. The van der Waals surface area contributed by atoms with Gasteiger partial charge in [0.05, 0.1) is 6.04 Å². The van der Waals surface area contributed by atoms with Crippen molar-refractivity contribution in [3.05, 3.63) is 71.8 Å². The van der Waals surface area contributed by atoms with Crippen molar-refractivity contribution < 1.29 is 23.9 Å². The molecule has 0 saturated heterocycles. The number of nitrogens with zero attached hydrogens (tertiary/aromatic N) is 2. The van der Waals surface area contributed by atoms with Gasteiger partial charge in [0.1, 0.15) is 18.7 Å². The number of imide groups is 1. The zero-order valence-electron chi connectivity index (χ0n) is 23.7. The van der Waals surface area contributed by atoms with Gasteiger partial charge in [0.15, 0.2) is 5.96 Å². The molecule has 3 atom stereocenters. The highest BCUT2D eigenvalue weighted by Gasteiger charge is 2.39. The van der Waals surface area contributed by atoms with Crippen LogP contribution >= 0.6 is 0 Å². The summed E-state index contributed by atoms with van der Waals surface area (Å²) in [5, 5.41) is 2.66. The fourth-order valence-electron chi connectivity index (χ4n) is 4.19. The highest BCUT2D eigenvalue weighted by Crippen LogP contribution is 2.16. The lowest BCUT2D eigenvalue weighted by Crippen LogP contribution is -2.59. The van der Waals surface area contributed by atoms with Crippen LogP contribution in [0.15, 0.2) is 65.7 Å². The Bertz CT molecular complexity index is 1180. The number of unbranched alkanes of at least 4 members (excludes halogenated alkanes) is 1. The normalized spacial score (nSPS) is 12.8. The molecule has 0 radical (unpaired) electrons. The fraction of sp³-hybridized carbons (Fsp3) is 0.414. The third-order valence-electron chi connectivity index (χ3n) is 6.41. The molecule has 228 valence electrons. The van der Waals surface area contributed by atoms with Crippen molar-refractivity contribution in [2.24, 2.45) is 33.7 Å². The lowest BCUT2D eigenvalue weighted by molar-refractivity contribution is -0.141. The Hall–Kier alpha value is -4.49. The van der Waals surface area contributed by atoms with Crippen LogP contribution in [0, 0.1) is 0 Å². The number of aliphatic imine (C=N–C) groups is 1. The van der Waals surface area contributed by atoms with Gasteiger partial charge in [-0.05, 0) is 49.8 Å². The smallest absolute Gasteiger partial charge is 0.417 e. The topological polar surface area (TPSA) is 235 Å². The summed E-state index contributed by atoms with van der Waals surface area (Å²) in [5.41, 5.74) is 29.4. The van der Waals surface area contributed by atoms with Crippen LogP contribution in [0.2, 0.25) is 0 Å². The van der Waals surface area contributed by atoms with Gasteiger partial charge in [-0.3, -0.25) is 19.4 Å². The molecule has 2 aromatic carbocycles. The van der Waals surface area contributed by atoms with Gasteiger partial charge in [-0.25, -0.2) is 9.69 Å². The van der Waals surface area contributed by atoms with Gasteiger partial charge >= 0.3 is 6.09 Å². The Balaban J connectivity index is 2.35. The second kappa shape index (κ2) is 18.0. The second-order valence-corrected chi connectivity index (χ2v) is 9.76. The minimum Gasteiger partial charge on any atom is -0.444 e. The van der Waals surface area contributed by atoms with Crippen LogP contribution in [0.4, 0.5) is 4.79 Å². The molecule has 0 unspecified atom stereocenters. The molecule has 0 bridgehead atoms. The summed E-state index contributed by atoms with van der Waals surface area (Å²) in [6.45, 7) is 0.486. The number of carbonyl (C=O) groups excluding carboxylic acids is 4. The molecule has 42 heavy (non-hydrogen) atoms. The van der Waals surface area contributed by atoms with E-state index < -0.39 is 41.9 Å². The summed E-state index contributed by atoms with van der Waals surface area (Å²) in [7, 11) is 0. The number of hydrogen-bond acceptors (Lipinski definition) is 8. The molecule has 0 fully saturated rings. The van der Waals surface area contributed by atoms with Crippen LogP contribution < -0.4 is 34.0 Å². The Morgan fingerprint density at radius 3 is 2.05 bits per heavy atom. The van der Waals surface area contributed by atoms with Gasteiger partial charge in [-0.1, -0.05) is 60.7 Å². The first-order valence-electron chi connectivity index (χ1n) is 13.8. The molecule has 0 saturated carbocycles. The van der Waals surface area contributed by atoms with E-state index >= 15 is 0 Å². The number of ether oxygens (including phenoxy) is 1. The summed E-state index contributed by atoms with van der Waals surface area (Å²) < 4.78 is 5.45. The van der Waals surface area contributed by atoms with Crippen molar-refractivity contribution in [3.8, 4) is 0 Å². The highest BCUT2D eigenvalue weighted by atomic mass is 16.6. The molecule has 0 aliphatic heterocycles. The summed E-state index contributed by atoms with van der Waals surface area (Å²) in [6.07, 6.45) is 0.666. The number of carbonyl (C=O) groups is 4. The van der Waals surface area contributed by atoms with Crippen molar-refractivity contribution in [2.45, 2.75) is 63.3 Å². The van der Waals surface area contributed by atoms with E-state index in [1.807, 2.05) is 6.07 Å². The first-order chi connectivity index (χ1) is 20.1. The van der Waals surface area contributed by atoms with E-state index in [2.05, 4.69) is 10.3 Å². The van der Waals surface area contributed by atoms with Crippen molar-refractivity contribution >= 4 is 29.8 Å². The predicted molar refractivity (Wildman–Crippen MR) is 159 cm³/mol. The van der Waals surface area contributed by atoms with E-state index in [0.29, 0.717) is 41.8 Å². The molecule has 0 aliphatic rings. The SMILES string of the molecule is NCCCC[C@@H](C(N)=O)N(C(=O)OCc1ccccc1)C(=O)[C@H](Cc1ccccc1)NC(=O)[C@H](N)CCCN=C(N)N. The van der Waals surface area contributed by atoms with Crippen LogP contribution in [-0.4, -0.2) is 65.9 Å². The van der Waals surface area contributed by atoms with E-state index in [1.54, 1.807) is 54.6 Å². The first kappa shape index (κ1) is 33.7. The van der Waals surface area contributed by atoms with Crippen LogP contribution in [-0.2, 0) is 32.1 Å². The molecule has 0 aromatic heterocycles. The molecule has 2 rings (SSSR count). The number of rotatable bonds is 17. The average molecular weight is 583 g/mol. The van der Waals surface area contributed by atoms with E-state index in [4.69, 9.17) is 33.4 Å². The Labute approximate surface area is 245 Å². The molecule has 11 N–H and O–H groups in total. The lowest BCUT2D eigenvalue weighted by Gasteiger charge is -2.31. The van der Waals surface area contributed by atoms with Crippen LogP contribution in [0.25, 0.3) is 0 Å². The summed E-state index contributed by atoms with van der Waals surface area (Å²) >= 11 is 0. The maximum absolute atomic E-state index is 14.1. The third-order valence-corrected chi connectivity index (χ3v) is 6.41. The fourth-order valence-corrected chi connectivity index (χ4v) is 4.19. The van der Waals surface area contributed by atoms with E-state index in [1.165, 1.54) is 0 Å². The zero-order valence-corrected chi connectivity index (χ0v) is 23.7. The number of benzene rings is 2. The largest absolute Gasteiger partial charge is 0.444 e. The molecule has 13 heteroatoms. The zero-order chi connectivity index (χ0) is 30.9. The maximum atomic E-state index is 14.1. The summed E-state index contributed by atoms with van der Waals surface area (Å²) in [5.74, 6) is -2.44. The minimum atomic E-state index is -1.32. The van der Waals surface area contributed by atoms with Crippen LogP contribution in [0.1, 0.15) is 43.2 Å². The van der Waals surface area contributed by atoms with E-state index in [-0.39, 0.29) is 38.4 Å². The van der Waals surface area contributed by atoms with Gasteiger partial charge in [-0.2, -0.15) is 0 Å². The third kappa shape index (κ3) is 11.6. The van der Waals surface area contributed by atoms with Crippen molar-refractivity contribution in [3.63, 3.8) is 0 Å². The molecule has 0 spiro atoms. The van der Waals surface area contributed by atoms with Gasteiger partial charge in [0.25, 0.3) is 5.91 Å². The molecule has 2 aromatic rings. The van der Waals surface area contributed by atoms with Gasteiger partial charge in [-0.15, -0.1) is 0 Å². The Morgan fingerprint density at radius 1 is 0.857 bits per heavy atom. The summed E-state index contributed by atoms with van der Waals surface area (Å²) in [6, 6.07) is 14.2. The Morgan fingerprint density at radius 2 is 1.48 bits per heavy atom. The number of guanidine groups is 1. The van der Waals surface area contributed by atoms with Gasteiger partial charge in [0, 0.05) is 13.0 Å². The standard InChI is InChI=1S/C29H42N8O5/c30-16-8-7-15-24(25(32)38)37(29(41)42-19-21-12-5-2-6-13-21)27(40)23(18-20-10-3-1-4-11-20)36-26(39)22(31)14-9-17-35-28(33)34/h1-6,10-13,22-24H,7-9,14-19,30-31H2,(H2,32,38)(H,36,39)(H4,33,34,35)/t22-,23+,24+/m1/s1. The molecule has 13 nitrogen and oxygen atoms in total. The van der Waals surface area contributed by atoms with Crippen molar-refractivity contribution in [2.75, 3.05) is 13.1 Å². The summed E-state index contributed by atoms with van der Waals surface area (Å²) in [4.78, 5) is 57.7. The van der Waals surface area contributed by atoms with Crippen molar-refractivity contribution in [1.29, 1.82) is 0 Å². The first-order valence-corrected chi connectivity index (χ1v) is 13.8. The average Bonchev–Trinajstić information content (AvgIpc) is 2.97. The van der Waals surface area contributed by atoms with Crippen molar-refractivity contribution in [1.82, 2.24) is 10.2 Å². The number of nitrogens with one attached hydrogen (secondary N) is 1. The van der Waals surface area contributed by atoms with Crippen LogP contribution in [0.5, 0.6) is 0 Å². The van der Waals surface area contributed by atoms with E-state index in [9.17, 15) is 19.2 Å². The quantitative estimate of drug-likeness (QED) is 0.0850. The monoisotopic (exact) mass is 582 g/mol. The highest BCUT2D eigenvalue weighted by molar-refractivity contribution is 6.01.